The average molecular weight is 293 g/mol. The SMILES string of the molecule is O=C(Nc1cc(Cl)ccc1-n1cncn1)[C@H]1CCCO1. The Morgan fingerprint density at radius 1 is 1.50 bits per heavy atom. The molecule has 104 valence electrons. The van der Waals surface area contributed by atoms with Gasteiger partial charge in [0.05, 0.1) is 11.4 Å². The van der Waals surface area contributed by atoms with Crippen molar-refractivity contribution in [2.75, 3.05) is 11.9 Å². The largest absolute Gasteiger partial charge is 0.368 e. The van der Waals surface area contributed by atoms with Crippen LogP contribution in [0, 0.1) is 0 Å². The van der Waals surface area contributed by atoms with Crippen LogP contribution in [0.2, 0.25) is 5.02 Å². The highest BCUT2D eigenvalue weighted by Gasteiger charge is 2.24. The van der Waals surface area contributed by atoms with E-state index in [-0.39, 0.29) is 5.91 Å². The van der Waals surface area contributed by atoms with Crippen molar-refractivity contribution in [1.29, 1.82) is 0 Å². The number of ether oxygens (including phenoxy) is 1. The van der Waals surface area contributed by atoms with E-state index < -0.39 is 6.10 Å². The number of hydrogen-bond donors (Lipinski definition) is 1. The predicted octanol–water partition coefficient (Wildman–Crippen LogP) is 2.04. The third-order valence-corrected chi connectivity index (χ3v) is 3.34. The number of carbonyl (C=O) groups excluding carboxylic acids is 1. The lowest BCUT2D eigenvalue weighted by Crippen LogP contribution is -2.27. The number of halogens is 1. The lowest BCUT2D eigenvalue weighted by Gasteiger charge is -2.14. The van der Waals surface area contributed by atoms with Crippen molar-refractivity contribution in [3.8, 4) is 5.69 Å². The topological polar surface area (TPSA) is 69.0 Å². The summed E-state index contributed by atoms with van der Waals surface area (Å²) >= 11 is 5.99. The van der Waals surface area contributed by atoms with Gasteiger partial charge in [0.25, 0.3) is 5.91 Å². The van der Waals surface area contributed by atoms with E-state index in [2.05, 4.69) is 15.4 Å². The lowest BCUT2D eigenvalue weighted by molar-refractivity contribution is -0.124. The van der Waals surface area contributed by atoms with Gasteiger partial charge in [-0.3, -0.25) is 4.79 Å². The van der Waals surface area contributed by atoms with Crippen LogP contribution in [0.25, 0.3) is 5.69 Å². The zero-order chi connectivity index (χ0) is 13.9. The quantitative estimate of drug-likeness (QED) is 0.940. The summed E-state index contributed by atoms with van der Waals surface area (Å²) in [5.41, 5.74) is 1.29. The predicted molar refractivity (Wildman–Crippen MR) is 74.0 cm³/mol. The van der Waals surface area contributed by atoms with Crippen molar-refractivity contribution in [3.63, 3.8) is 0 Å². The Kier molecular flexibility index (Phi) is 3.66. The smallest absolute Gasteiger partial charge is 0.253 e. The van der Waals surface area contributed by atoms with Gasteiger partial charge in [0.1, 0.15) is 18.8 Å². The first-order valence-corrected chi connectivity index (χ1v) is 6.69. The second kappa shape index (κ2) is 5.60. The first-order valence-electron chi connectivity index (χ1n) is 6.31. The molecule has 0 saturated carbocycles. The summed E-state index contributed by atoms with van der Waals surface area (Å²) < 4.78 is 6.94. The summed E-state index contributed by atoms with van der Waals surface area (Å²) in [6.45, 7) is 0.629. The summed E-state index contributed by atoms with van der Waals surface area (Å²) in [6, 6.07) is 5.20. The molecule has 0 radical (unpaired) electrons. The number of nitrogens with zero attached hydrogens (tertiary/aromatic N) is 3. The molecule has 1 aromatic heterocycles. The molecule has 0 aliphatic carbocycles. The van der Waals surface area contributed by atoms with Gasteiger partial charge in [-0.25, -0.2) is 9.67 Å². The van der Waals surface area contributed by atoms with Crippen molar-refractivity contribution < 1.29 is 9.53 Å². The molecule has 20 heavy (non-hydrogen) atoms. The molecule has 3 rings (SSSR count). The van der Waals surface area contributed by atoms with Crippen LogP contribution in [-0.4, -0.2) is 33.4 Å². The molecule has 1 atom stereocenters. The summed E-state index contributed by atoms with van der Waals surface area (Å²) in [5, 5.41) is 7.44. The summed E-state index contributed by atoms with van der Waals surface area (Å²) in [6.07, 6.45) is 4.25. The van der Waals surface area contributed by atoms with Crippen molar-refractivity contribution >= 4 is 23.2 Å². The van der Waals surface area contributed by atoms with Gasteiger partial charge in [-0.1, -0.05) is 11.6 Å². The average Bonchev–Trinajstić information content (AvgIpc) is 3.12. The van der Waals surface area contributed by atoms with Gasteiger partial charge >= 0.3 is 0 Å². The molecular formula is C13H13ClN4O2. The Morgan fingerprint density at radius 3 is 3.10 bits per heavy atom. The molecule has 1 aromatic carbocycles. The van der Waals surface area contributed by atoms with Crippen LogP contribution in [0.3, 0.4) is 0 Å². The number of aromatic nitrogens is 3. The molecule has 2 heterocycles. The summed E-state index contributed by atoms with van der Waals surface area (Å²) in [4.78, 5) is 16.0. The first-order chi connectivity index (χ1) is 9.74. The lowest BCUT2D eigenvalue weighted by atomic mass is 10.2. The number of benzene rings is 1. The molecule has 1 aliphatic rings. The minimum Gasteiger partial charge on any atom is -0.368 e. The Balaban J connectivity index is 1.87. The van der Waals surface area contributed by atoms with Crippen molar-refractivity contribution in [1.82, 2.24) is 14.8 Å². The highest BCUT2D eigenvalue weighted by molar-refractivity contribution is 6.31. The Labute approximate surface area is 120 Å². The maximum absolute atomic E-state index is 12.1. The number of amides is 1. The van der Waals surface area contributed by atoms with Crippen molar-refractivity contribution in [2.45, 2.75) is 18.9 Å². The molecule has 1 N–H and O–H groups in total. The minimum atomic E-state index is -0.391. The van der Waals surface area contributed by atoms with Crippen LogP contribution in [0.1, 0.15) is 12.8 Å². The van der Waals surface area contributed by atoms with E-state index in [1.54, 1.807) is 29.2 Å². The second-order valence-corrected chi connectivity index (χ2v) is 4.93. The van der Waals surface area contributed by atoms with E-state index in [9.17, 15) is 4.79 Å². The molecule has 2 aromatic rings. The van der Waals surface area contributed by atoms with Gasteiger partial charge in [0.2, 0.25) is 0 Å². The van der Waals surface area contributed by atoms with Crippen LogP contribution >= 0.6 is 11.6 Å². The fourth-order valence-corrected chi connectivity index (χ4v) is 2.31. The number of anilines is 1. The van der Waals surface area contributed by atoms with Crippen LogP contribution in [-0.2, 0) is 9.53 Å². The molecule has 0 spiro atoms. The van der Waals surface area contributed by atoms with E-state index in [4.69, 9.17) is 16.3 Å². The monoisotopic (exact) mass is 292 g/mol. The maximum atomic E-state index is 12.1. The standard InChI is InChI=1S/C13H13ClN4O2/c14-9-3-4-11(18-8-15-7-16-18)10(6-9)17-13(19)12-2-1-5-20-12/h3-4,6-8,12H,1-2,5H2,(H,17,19)/t12-/m1/s1. The highest BCUT2D eigenvalue weighted by atomic mass is 35.5. The van der Waals surface area contributed by atoms with Crippen LogP contribution < -0.4 is 5.32 Å². The number of nitrogens with one attached hydrogen (secondary N) is 1. The number of carbonyl (C=O) groups is 1. The van der Waals surface area contributed by atoms with Crippen molar-refractivity contribution in [3.05, 3.63) is 35.9 Å². The number of hydrogen-bond acceptors (Lipinski definition) is 4. The number of rotatable bonds is 3. The maximum Gasteiger partial charge on any atom is 0.253 e. The second-order valence-electron chi connectivity index (χ2n) is 4.49. The minimum absolute atomic E-state index is 0.161. The van der Waals surface area contributed by atoms with E-state index in [0.717, 1.165) is 12.8 Å². The first kappa shape index (κ1) is 13.1. The Hall–Kier alpha value is -1.92. The summed E-state index contributed by atoms with van der Waals surface area (Å²) in [5.74, 6) is -0.161. The van der Waals surface area contributed by atoms with Gasteiger partial charge < -0.3 is 10.1 Å². The molecule has 0 unspecified atom stereocenters. The van der Waals surface area contributed by atoms with E-state index >= 15 is 0 Å². The molecule has 1 fully saturated rings. The Bertz CT molecular complexity index is 609. The fourth-order valence-electron chi connectivity index (χ4n) is 2.14. The zero-order valence-corrected chi connectivity index (χ0v) is 11.4. The van der Waals surface area contributed by atoms with Gasteiger partial charge in [0.15, 0.2) is 0 Å². The summed E-state index contributed by atoms with van der Waals surface area (Å²) in [7, 11) is 0. The van der Waals surface area contributed by atoms with Crippen LogP contribution in [0.15, 0.2) is 30.9 Å². The molecule has 6 nitrogen and oxygen atoms in total. The highest BCUT2D eigenvalue weighted by Crippen LogP contribution is 2.25. The van der Waals surface area contributed by atoms with E-state index in [0.29, 0.717) is 23.0 Å². The van der Waals surface area contributed by atoms with Gasteiger partial charge in [-0.05, 0) is 31.0 Å². The Morgan fingerprint density at radius 2 is 2.40 bits per heavy atom. The molecule has 1 amide bonds. The van der Waals surface area contributed by atoms with E-state index in [1.165, 1.54) is 6.33 Å². The molecule has 1 saturated heterocycles. The fraction of sp³-hybridized carbons (Fsp3) is 0.308. The normalized spacial score (nSPS) is 18.1. The molecule has 1 aliphatic heterocycles. The molecule has 7 heteroatoms. The third-order valence-electron chi connectivity index (χ3n) is 3.10. The van der Waals surface area contributed by atoms with Gasteiger partial charge in [-0.15, -0.1) is 0 Å². The van der Waals surface area contributed by atoms with E-state index in [1.807, 2.05) is 0 Å². The molecule has 0 bridgehead atoms. The van der Waals surface area contributed by atoms with Crippen LogP contribution in [0.5, 0.6) is 0 Å². The molecular weight excluding hydrogens is 280 g/mol. The van der Waals surface area contributed by atoms with Gasteiger partial charge in [0, 0.05) is 11.6 Å². The third kappa shape index (κ3) is 2.66. The van der Waals surface area contributed by atoms with Crippen molar-refractivity contribution in [2.24, 2.45) is 0 Å². The van der Waals surface area contributed by atoms with Gasteiger partial charge in [-0.2, -0.15) is 5.10 Å². The van der Waals surface area contributed by atoms with Crippen LogP contribution in [0.4, 0.5) is 5.69 Å². The zero-order valence-electron chi connectivity index (χ0n) is 10.6.